The molecule has 2 rings (SSSR count). The van der Waals surface area contributed by atoms with Crippen molar-refractivity contribution in [3.05, 3.63) is 47.5 Å². The number of sulfonamides is 1. The monoisotopic (exact) mass is 726 g/mol. The van der Waals surface area contributed by atoms with E-state index < -0.39 is 10.0 Å². The topological polar surface area (TPSA) is 153 Å². The van der Waals surface area contributed by atoms with E-state index in [9.17, 15) is 18.0 Å². The molecule has 4 N–H and O–H groups in total. The van der Waals surface area contributed by atoms with Gasteiger partial charge in [0.15, 0.2) is 0 Å². The number of hydrazine groups is 1. The van der Waals surface area contributed by atoms with Gasteiger partial charge in [-0.25, -0.2) is 8.42 Å². The van der Waals surface area contributed by atoms with E-state index in [1.165, 1.54) is 49.9 Å². The fraction of sp³-hybridized carbons (Fsp3) is 0.600. The summed E-state index contributed by atoms with van der Waals surface area (Å²) in [6.07, 6.45) is 8.03. The third-order valence-electron chi connectivity index (χ3n) is 6.95. The van der Waals surface area contributed by atoms with Crippen LogP contribution in [0.25, 0.3) is 0 Å². The first-order valence-electron chi connectivity index (χ1n) is 17.1. The van der Waals surface area contributed by atoms with Crippen LogP contribution in [0.1, 0.15) is 70.4 Å². The van der Waals surface area contributed by atoms with Crippen LogP contribution in [0.3, 0.4) is 0 Å². The maximum absolute atomic E-state index is 13.2. The number of amides is 2. The van der Waals surface area contributed by atoms with E-state index in [1.807, 2.05) is 20.8 Å². The van der Waals surface area contributed by atoms with Crippen molar-refractivity contribution >= 4 is 51.2 Å². The first kappa shape index (κ1) is 44.1. The molecule has 14 heteroatoms. The second-order valence-electron chi connectivity index (χ2n) is 10.8. The second kappa shape index (κ2) is 27.9. The summed E-state index contributed by atoms with van der Waals surface area (Å²) in [5, 5.41) is 2.87. The van der Waals surface area contributed by atoms with Crippen LogP contribution in [0.15, 0.2) is 41.3 Å². The van der Waals surface area contributed by atoms with Crippen LogP contribution < -0.4 is 20.9 Å². The van der Waals surface area contributed by atoms with Crippen molar-refractivity contribution < 1.29 is 37.0 Å². The predicted molar refractivity (Wildman–Crippen MR) is 200 cm³/mol. The lowest BCUT2D eigenvalue weighted by Crippen LogP contribution is -2.20. The Morgan fingerprint density at radius 1 is 0.755 bits per heavy atom. The van der Waals surface area contributed by atoms with Crippen LogP contribution in [-0.2, 0) is 38.6 Å². The van der Waals surface area contributed by atoms with Gasteiger partial charge in [0.05, 0.1) is 62.6 Å². The minimum absolute atomic E-state index is 0.0610. The lowest BCUT2D eigenvalue weighted by Gasteiger charge is -2.17. The number of rotatable bonds is 28. The van der Waals surface area contributed by atoms with Crippen molar-refractivity contribution in [1.82, 2.24) is 5.43 Å². The van der Waals surface area contributed by atoms with Gasteiger partial charge in [0.1, 0.15) is 0 Å². The number of carbonyl (C=O) groups excluding carboxylic acids is 2. The Bertz CT molecular complexity index is 1280. The molecule has 0 fully saturated rings. The van der Waals surface area contributed by atoms with Gasteiger partial charge >= 0.3 is 0 Å². The van der Waals surface area contributed by atoms with Gasteiger partial charge in [-0.2, -0.15) is 0 Å². The third kappa shape index (κ3) is 19.8. The van der Waals surface area contributed by atoms with Crippen molar-refractivity contribution in [2.45, 2.75) is 78.0 Å². The van der Waals surface area contributed by atoms with Crippen LogP contribution in [0.2, 0.25) is 0 Å². The Morgan fingerprint density at radius 3 is 1.92 bits per heavy atom. The molecular weight excluding hydrogens is 669 g/mol. The average molecular weight is 727 g/mol. The molecule has 2 amide bonds. The van der Waals surface area contributed by atoms with Crippen LogP contribution in [0, 0.1) is 13.8 Å². The fourth-order valence-corrected chi connectivity index (χ4v) is 6.41. The van der Waals surface area contributed by atoms with Crippen LogP contribution in [0.4, 0.5) is 17.1 Å². The highest BCUT2D eigenvalue weighted by atomic mass is 32.2. The number of unbranched alkanes of at least 4 members (excludes halogenated alkanes) is 5. The Balaban J connectivity index is 0.00000589. The van der Waals surface area contributed by atoms with Crippen molar-refractivity contribution in [1.29, 1.82) is 0 Å². The number of ether oxygens (including phenoxy) is 4. The number of benzene rings is 2. The number of hydrogen-bond donors (Lipinski definition) is 4. The zero-order valence-electron chi connectivity index (χ0n) is 29.9. The quantitative estimate of drug-likeness (QED) is 0.0446. The van der Waals surface area contributed by atoms with E-state index >= 15 is 0 Å². The molecule has 0 bridgehead atoms. The van der Waals surface area contributed by atoms with Gasteiger partial charge in [0.2, 0.25) is 12.3 Å². The van der Waals surface area contributed by atoms with Crippen LogP contribution in [-0.4, -0.2) is 85.1 Å². The molecule has 0 saturated heterocycles. The zero-order chi connectivity index (χ0) is 36.2. The van der Waals surface area contributed by atoms with Gasteiger partial charge < -0.3 is 24.3 Å². The maximum atomic E-state index is 13.2. The normalized spacial score (nSPS) is 11.0. The molecule has 0 aliphatic heterocycles. The molecule has 0 unspecified atom stereocenters. The number of carbonyl (C=O) groups is 2. The molecule has 12 nitrogen and oxygen atoms in total. The van der Waals surface area contributed by atoms with Gasteiger partial charge in [-0.05, 0) is 61.7 Å². The molecule has 49 heavy (non-hydrogen) atoms. The molecule has 0 heterocycles. The Kier molecular flexibility index (Phi) is 25.1. The molecule has 0 aliphatic carbocycles. The van der Waals surface area contributed by atoms with E-state index in [0.29, 0.717) is 81.0 Å². The summed E-state index contributed by atoms with van der Waals surface area (Å²) in [6, 6.07) is 9.55. The van der Waals surface area contributed by atoms with Gasteiger partial charge in [0.25, 0.3) is 10.0 Å². The smallest absolute Gasteiger partial charge is 0.262 e. The van der Waals surface area contributed by atoms with Crippen LogP contribution in [0.5, 0.6) is 0 Å². The molecule has 0 aromatic heterocycles. The Hall–Kier alpha value is -2.88. The lowest BCUT2D eigenvalue weighted by molar-refractivity contribution is -0.114. The number of anilines is 3. The van der Waals surface area contributed by atoms with Crippen molar-refractivity contribution in [2.75, 3.05) is 79.8 Å². The highest BCUT2D eigenvalue weighted by Crippen LogP contribution is 2.29. The first-order chi connectivity index (χ1) is 23.8. The number of nitrogens with one attached hydrogen (secondary N) is 4. The fourth-order valence-electron chi connectivity index (χ4n) is 4.46. The molecule has 0 aliphatic rings. The van der Waals surface area contributed by atoms with Crippen molar-refractivity contribution in [3.8, 4) is 0 Å². The molecule has 2 aromatic rings. The third-order valence-corrected chi connectivity index (χ3v) is 9.40. The van der Waals surface area contributed by atoms with Crippen molar-refractivity contribution in [2.24, 2.45) is 0 Å². The summed E-state index contributed by atoms with van der Waals surface area (Å²) >= 11 is 1.43. The average Bonchev–Trinajstić information content (AvgIpc) is 3.09. The number of hydrogen-bond acceptors (Lipinski definition) is 10. The SMILES string of the molecule is CC.CCCCCCCCOCCOCCOCCOCCSCC(=O)Nc1c(C)ccc(S(=O)(=O)Nc2ccc(NNC=O)cc2)c1C. The minimum Gasteiger partial charge on any atom is -0.379 e. The molecule has 2 aromatic carbocycles. The lowest BCUT2D eigenvalue weighted by atomic mass is 10.1. The first-order valence-corrected chi connectivity index (χ1v) is 19.8. The summed E-state index contributed by atoms with van der Waals surface area (Å²) in [5.41, 5.74) is 7.56. The summed E-state index contributed by atoms with van der Waals surface area (Å²) in [6.45, 7) is 14.1. The van der Waals surface area contributed by atoms with E-state index in [0.717, 1.165) is 18.6 Å². The summed E-state index contributed by atoms with van der Waals surface area (Å²) < 4.78 is 51.1. The Labute approximate surface area is 298 Å². The number of thioether (sulfide) groups is 1. The molecule has 0 radical (unpaired) electrons. The summed E-state index contributed by atoms with van der Waals surface area (Å²) in [7, 11) is -3.93. The maximum Gasteiger partial charge on any atom is 0.262 e. The van der Waals surface area contributed by atoms with E-state index in [2.05, 4.69) is 27.8 Å². The predicted octanol–water partition coefficient (Wildman–Crippen LogP) is 6.30. The molecule has 0 atom stereocenters. The molecule has 0 saturated carbocycles. The summed E-state index contributed by atoms with van der Waals surface area (Å²) in [5.74, 6) is 0.602. The van der Waals surface area contributed by atoms with E-state index in [4.69, 9.17) is 18.9 Å². The number of aryl methyl sites for hydroxylation is 1. The van der Waals surface area contributed by atoms with Crippen LogP contribution >= 0.6 is 11.8 Å². The van der Waals surface area contributed by atoms with Gasteiger partial charge in [-0.1, -0.05) is 58.9 Å². The molecule has 0 spiro atoms. The standard InChI is InChI=1S/C33H52N4O8S2.C2H6/c1-4-5-6-7-8-9-16-42-17-18-43-19-20-44-21-22-45-23-24-46-25-32(39)35-33-27(2)10-15-31(28(33)3)47(40,41)37-30-13-11-29(12-14-30)36-34-26-38;1-2/h10-15,26,36-37H,4-9,16-25H2,1-3H3,(H,34,38)(H,35,39);1-2H3. The van der Waals surface area contributed by atoms with E-state index in [1.54, 1.807) is 37.3 Å². The largest absolute Gasteiger partial charge is 0.379 e. The van der Waals surface area contributed by atoms with Gasteiger partial charge in [-0.3, -0.25) is 25.2 Å². The summed E-state index contributed by atoms with van der Waals surface area (Å²) in [4.78, 5) is 23.1. The molecule has 278 valence electrons. The molecular formula is C35H58N4O8S2. The highest BCUT2D eigenvalue weighted by molar-refractivity contribution is 7.99. The minimum atomic E-state index is -3.93. The highest BCUT2D eigenvalue weighted by Gasteiger charge is 2.21. The zero-order valence-corrected chi connectivity index (χ0v) is 31.6. The van der Waals surface area contributed by atoms with E-state index in [-0.39, 0.29) is 16.6 Å². The second-order valence-corrected chi connectivity index (χ2v) is 13.5. The van der Waals surface area contributed by atoms with Gasteiger partial charge in [0, 0.05) is 23.7 Å². The van der Waals surface area contributed by atoms with Crippen molar-refractivity contribution in [3.63, 3.8) is 0 Å². The van der Waals surface area contributed by atoms with Gasteiger partial charge in [-0.15, -0.1) is 11.8 Å². The Morgan fingerprint density at radius 2 is 1.31 bits per heavy atom.